The molecule has 0 spiro atoms. The van der Waals surface area contributed by atoms with Gasteiger partial charge in [0, 0.05) is 13.2 Å². The molecule has 5 heteroatoms. The molecule has 0 heterocycles. The van der Waals surface area contributed by atoms with Gasteiger partial charge in [0.2, 0.25) is 5.91 Å². The first-order valence-electron chi connectivity index (χ1n) is 7.25. The summed E-state index contributed by atoms with van der Waals surface area (Å²) in [5, 5.41) is 21.7. The molecule has 4 nitrogen and oxygen atoms in total. The first-order chi connectivity index (χ1) is 9.90. The van der Waals surface area contributed by atoms with Gasteiger partial charge in [-0.15, -0.1) is 0 Å². The molecule has 0 radical (unpaired) electrons. The van der Waals surface area contributed by atoms with Crippen molar-refractivity contribution in [2.45, 2.75) is 45.1 Å². The molecule has 0 unspecified atom stereocenters. The second-order valence-electron chi connectivity index (χ2n) is 5.44. The Morgan fingerprint density at radius 3 is 2.71 bits per heavy atom. The molecule has 21 heavy (non-hydrogen) atoms. The maximum atomic E-state index is 13.4. The van der Waals surface area contributed by atoms with E-state index in [1.165, 1.54) is 6.07 Å². The van der Waals surface area contributed by atoms with Crippen molar-refractivity contribution in [3.8, 4) is 0 Å². The SMILES string of the molecule is CC[C@@](O)(CCCO)CNC(=O)Cc1ccc(C)c(F)c1. The van der Waals surface area contributed by atoms with E-state index in [4.69, 9.17) is 5.11 Å². The van der Waals surface area contributed by atoms with Crippen LogP contribution >= 0.6 is 0 Å². The summed E-state index contributed by atoms with van der Waals surface area (Å²) in [5.74, 6) is -0.581. The number of nitrogens with one attached hydrogen (secondary N) is 1. The lowest BCUT2D eigenvalue weighted by molar-refractivity contribution is -0.121. The van der Waals surface area contributed by atoms with Crippen molar-refractivity contribution in [3.05, 3.63) is 35.1 Å². The molecule has 0 saturated heterocycles. The number of amides is 1. The summed E-state index contributed by atoms with van der Waals surface area (Å²) in [7, 11) is 0. The van der Waals surface area contributed by atoms with Crippen LogP contribution in [0.5, 0.6) is 0 Å². The number of hydrogen-bond donors (Lipinski definition) is 3. The third kappa shape index (κ3) is 5.81. The van der Waals surface area contributed by atoms with Crippen molar-refractivity contribution in [1.29, 1.82) is 0 Å². The average Bonchev–Trinajstić information content (AvgIpc) is 2.47. The van der Waals surface area contributed by atoms with Crippen molar-refractivity contribution in [1.82, 2.24) is 5.32 Å². The molecule has 1 amide bonds. The summed E-state index contributed by atoms with van der Waals surface area (Å²) in [6.07, 6.45) is 1.49. The Hall–Kier alpha value is -1.46. The van der Waals surface area contributed by atoms with Gasteiger partial charge in [-0.2, -0.15) is 0 Å². The van der Waals surface area contributed by atoms with E-state index in [1.54, 1.807) is 19.1 Å². The van der Waals surface area contributed by atoms with Crippen LogP contribution in [0.3, 0.4) is 0 Å². The van der Waals surface area contributed by atoms with Crippen molar-refractivity contribution in [2.24, 2.45) is 0 Å². The van der Waals surface area contributed by atoms with E-state index < -0.39 is 5.60 Å². The summed E-state index contributed by atoms with van der Waals surface area (Å²) in [4.78, 5) is 11.9. The molecule has 1 aromatic carbocycles. The van der Waals surface area contributed by atoms with Crippen LogP contribution in [0.15, 0.2) is 18.2 Å². The second-order valence-corrected chi connectivity index (χ2v) is 5.44. The molecule has 0 aliphatic rings. The standard InChI is InChI=1S/C16H24FNO3/c1-3-16(21,7-4-8-19)11-18-15(20)10-13-6-5-12(2)14(17)9-13/h5-6,9,19,21H,3-4,7-8,10-11H2,1-2H3,(H,18,20)/t16-/m1/s1. The fraction of sp³-hybridized carbons (Fsp3) is 0.562. The van der Waals surface area contributed by atoms with Crippen LogP contribution in [0.4, 0.5) is 4.39 Å². The smallest absolute Gasteiger partial charge is 0.224 e. The highest BCUT2D eigenvalue weighted by atomic mass is 19.1. The number of aliphatic hydroxyl groups is 2. The topological polar surface area (TPSA) is 69.6 Å². The molecule has 0 aliphatic heterocycles. The maximum absolute atomic E-state index is 13.4. The zero-order valence-corrected chi connectivity index (χ0v) is 12.7. The zero-order valence-electron chi connectivity index (χ0n) is 12.7. The largest absolute Gasteiger partial charge is 0.396 e. The lowest BCUT2D eigenvalue weighted by atomic mass is 9.94. The summed E-state index contributed by atoms with van der Waals surface area (Å²) < 4.78 is 13.4. The average molecular weight is 297 g/mol. The van der Waals surface area contributed by atoms with Gasteiger partial charge in [-0.05, 0) is 43.4 Å². The molecule has 3 N–H and O–H groups in total. The zero-order chi connectivity index (χ0) is 15.9. The lowest BCUT2D eigenvalue weighted by Crippen LogP contribution is -2.43. The van der Waals surface area contributed by atoms with Crippen LogP contribution in [0, 0.1) is 12.7 Å². The van der Waals surface area contributed by atoms with E-state index in [9.17, 15) is 14.3 Å². The van der Waals surface area contributed by atoms with E-state index in [2.05, 4.69) is 5.32 Å². The third-order valence-corrected chi connectivity index (χ3v) is 3.67. The van der Waals surface area contributed by atoms with E-state index in [-0.39, 0.29) is 31.3 Å². The highest BCUT2D eigenvalue weighted by Crippen LogP contribution is 2.16. The minimum atomic E-state index is -1.00. The molecule has 1 rings (SSSR count). The van der Waals surface area contributed by atoms with Crippen molar-refractivity contribution in [3.63, 3.8) is 0 Å². The number of carbonyl (C=O) groups is 1. The number of aryl methyl sites for hydroxylation is 1. The Morgan fingerprint density at radius 1 is 1.43 bits per heavy atom. The number of carbonyl (C=O) groups excluding carboxylic acids is 1. The molecule has 0 bridgehead atoms. The molecular weight excluding hydrogens is 273 g/mol. The molecule has 118 valence electrons. The second kappa shape index (κ2) is 8.10. The number of aliphatic hydroxyl groups excluding tert-OH is 1. The van der Waals surface area contributed by atoms with E-state index in [0.717, 1.165) is 0 Å². The Bertz CT molecular complexity index is 479. The summed E-state index contributed by atoms with van der Waals surface area (Å²) >= 11 is 0. The summed E-state index contributed by atoms with van der Waals surface area (Å²) in [5.41, 5.74) is 0.145. The maximum Gasteiger partial charge on any atom is 0.224 e. The summed E-state index contributed by atoms with van der Waals surface area (Å²) in [6, 6.07) is 4.71. The molecule has 0 aliphatic carbocycles. The van der Waals surface area contributed by atoms with Crippen LogP contribution in [-0.4, -0.2) is 34.9 Å². The predicted molar refractivity (Wildman–Crippen MR) is 79.4 cm³/mol. The van der Waals surface area contributed by atoms with Gasteiger partial charge in [0.25, 0.3) is 0 Å². The Balaban J connectivity index is 2.51. The molecule has 1 atom stereocenters. The fourth-order valence-electron chi connectivity index (χ4n) is 2.06. The Kier molecular flexibility index (Phi) is 6.78. The highest BCUT2D eigenvalue weighted by Gasteiger charge is 2.24. The number of benzene rings is 1. The fourth-order valence-corrected chi connectivity index (χ4v) is 2.06. The van der Waals surface area contributed by atoms with Gasteiger partial charge in [-0.25, -0.2) is 4.39 Å². The minimum Gasteiger partial charge on any atom is -0.396 e. The van der Waals surface area contributed by atoms with Gasteiger partial charge < -0.3 is 15.5 Å². The quantitative estimate of drug-likeness (QED) is 0.684. The van der Waals surface area contributed by atoms with Gasteiger partial charge in [0.05, 0.1) is 12.0 Å². The van der Waals surface area contributed by atoms with Crippen molar-refractivity contribution in [2.75, 3.05) is 13.2 Å². The van der Waals surface area contributed by atoms with Gasteiger partial charge in [-0.1, -0.05) is 19.1 Å². The van der Waals surface area contributed by atoms with Gasteiger partial charge >= 0.3 is 0 Å². The van der Waals surface area contributed by atoms with E-state index in [0.29, 0.717) is 30.4 Å². The van der Waals surface area contributed by atoms with Gasteiger partial charge in [0.15, 0.2) is 0 Å². The number of hydrogen-bond acceptors (Lipinski definition) is 3. The number of rotatable bonds is 8. The monoisotopic (exact) mass is 297 g/mol. The minimum absolute atomic E-state index is 0.0128. The van der Waals surface area contributed by atoms with Crippen LogP contribution in [-0.2, 0) is 11.2 Å². The molecule has 0 saturated carbocycles. The number of halogens is 1. The summed E-state index contributed by atoms with van der Waals surface area (Å²) in [6.45, 7) is 3.65. The first kappa shape index (κ1) is 17.6. The Labute approximate surface area is 125 Å². The molecule has 0 aromatic heterocycles. The van der Waals surface area contributed by atoms with Gasteiger partial charge in [0.1, 0.15) is 5.82 Å². The van der Waals surface area contributed by atoms with Crippen LogP contribution in [0.2, 0.25) is 0 Å². The normalized spacial score (nSPS) is 13.8. The van der Waals surface area contributed by atoms with Gasteiger partial charge in [-0.3, -0.25) is 4.79 Å². The van der Waals surface area contributed by atoms with Crippen molar-refractivity contribution < 1.29 is 19.4 Å². The van der Waals surface area contributed by atoms with Crippen LogP contribution < -0.4 is 5.32 Å². The Morgan fingerprint density at radius 2 is 2.14 bits per heavy atom. The van der Waals surface area contributed by atoms with Crippen LogP contribution in [0.25, 0.3) is 0 Å². The highest BCUT2D eigenvalue weighted by molar-refractivity contribution is 5.78. The predicted octanol–water partition coefficient (Wildman–Crippen LogP) is 1.71. The molecule has 1 aromatic rings. The van der Waals surface area contributed by atoms with E-state index in [1.807, 2.05) is 6.92 Å². The van der Waals surface area contributed by atoms with E-state index >= 15 is 0 Å². The van der Waals surface area contributed by atoms with Crippen LogP contribution in [0.1, 0.15) is 37.3 Å². The molecular formula is C16H24FNO3. The third-order valence-electron chi connectivity index (χ3n) is 3.67. The molecule has 0 fully saturated rings. The lowest BCUT2D eigenvalue weighted by Gasteiger charge is -2.26. The first-order valence-corrected chi connectivity index (χ1v) is 7.25. The van der Waals surface area contributed by atoms with Crippen molar-refractivity contribution >= 4 is 5.91 Å².